The second-order valence-corrected chi connectivity index (χ2v) is 10.6. The molecule has 0 aliphatic carbocycles. The monoisotopic (exact) mass is 575 g/mol. The van der Waals surface area contributed by atoms with Crippen molar-refractivity contribution >= 4 is 40.7 Å². The summed E-state index contributed by atoms with van der Waals surface area (Å²) in [6, 6.07) is 10.1. The maximum Gasteiger partial charge on any atom is 0.258 e. The Morgan fingerprint density at radius 2 is 2.05 bits per heavy atom. The van der Waals surface area contributed by atoms with Crippen LogP contribution in [0.15, 0.2) is 42.7 Å². The number of carbonyl (C=O) groups is 2. The van der Waals surface area contributed by atoms with Gasteiger partial charge in [0.05, 0.1) is 28.3 Å². The highest BCUT2D eigenvalue weighted by Crippen LogP contribution is 2.31. The number of tetrazole rings is 1. The number of aliphatic hydroxyl groups is 1. The Balaban J connectivity index is 1.56. The lowest BCUT2D eigenvalue weighted by atomic mass is 9.99. The third kappa shape index (κ3) is 7.24. The Morgan fingerprint density at radius 1 is 1.26 bits per heavy atom. The molecular formula is C26H31Cl2N7O4. The molecule has 0 unspecified atom stereocenters. The van der Waals surface area contributed by atoms with Gasteiger partial charge in [-0.3, -0.25) is 14.5 Å². The van der Waals surface area contributed by atoms with E-state index in [4.69, 9.17) is 27.9 Å². The molecule has 2 amide bonds. The van der Waals surface area contributed by atoms with Crippen molar-refractivity contribution in [1.82, 2.24) is 30.0 Å². The Bertz CT molecular complexity index is 1310. The molecule has 2 N–H and O–H groups in total. The van der Waals surface area contributed by atoms with E-state index in [0.29, 0.717) is 46.7 Å². The van der Waals surface area contributed by atoms with E-state index in [2.05, 4.69) is 25.7 Å². The molecule has 13 heteroatoms. The van der Waals surface area contributed by atoms with Crippen LogP contribution in [0.1, 0.15) is 29.8 Å². The summed E-state index contributed by atoms with van der Waals surface area (Å²) in [5, 5.41) is 24.4. The summed E-state index contributed by atoms with van der Waals surface area (Å²) in [7, 11) is 1.99. The van der Waals surface area contributed by atoms with Crippen LogP contribution in [0, 0.1) is 5.92 Å². The van der Waals surface area contributed by atoms with Crippen molar-refractivity contribution < 1.29 is 19.4 Å². The van der Waals surface area contributed by atoms with E-state index in [1.54, 1.807) is 36.1 Å². The summed E-state index contributed by atoms with van der Waals surface area (Å²) >= 11 is 12.3. The fourth-order valence-corrected chi connectivity index (χ4v) is 4.76. The summed E-state index contributed by atoms with van der Waals surface area (Å²) in [5.74, 6) is -0.258. The first-order chi connectivity index (χ1) is 18.6. The second kappa shape index (κ2) is 12.7. The minimum atomic E-state index is -0.404. The molecule has 0 radical (unpaired) electrons. The first-order valence-electron chi connectivity index (χ1n) is 12.5. The quantitative estimate of drug-likeness (QED) is 0.399. The fraction of sp³-hybridized carbons (Fsp3) is 0.423. The van der Waals surface area contributed by atoms with Crippen molar-refractivity contribution in [3.05, 3.63) is 63.9 Å². The summed E-state index contributed by atoms with van der Waals surface area (Å²) in [5.41, 5.74) is 1.75. The molecule has 0 spiro atoms. The van der Waals surface area contributed by atoms with Crippen LogP contribution in [0.4, 0.5) is 5.69 Å². The van der Waals surface area contributed by atoms with Gasteiger partial charge in [0.2, 0.25) is 5.91 Å². The normalized spacial score (nSPS) is 18.2. The zero-order valence-corrected chi connectivity index (χ0v) is 23.4. The Hall–Kier alpha value is -3.25. The number of likely N-dealkylation sites (N-methyl/N-ethyl adjacent to an activating group) is 1. The lowest BCUT2D eigenvalue weighted by Gasteiger charge is -2.38. The topological polar surface area (TPSA) is 126 Å². The molecule has 3 aromatic rings. The van der Waals surface area contributed by atoms with E-state index in [-0.39, 0.29) is 37.0 Å². The van der Waals surface area contributed by atoms with Crippen LogP contribution in [0.25, 0.3) is 0 Å². The molecule has 0 bridgehead atoms. The molecule has 3 atom stereocenters. The number of rotatable bonds is 9. The Kier molecular flexibility index (Phi) is 9.39. The lowest BCUT2D eigenvalue weighted by molar-refractivity contribution is -0.116. The summed E-state index contributed by atoms with van der Waals surface area (Å²) in [6.07, 6.45) is 1.07. The largest absolute Gasteiger partial charge is 0.488 e. The third-order valence-corrected chi connectivity index (χ3v) is 7.31. The standard InChI is InChI=1S/C26H31Cl2N7O4/c1-16-10-35(17(2)14-36)26(38)20-9-19(30-25(37)13-34-15-29-31-32-34)5-7-23(20)39-24(16)12-33(3)11-18-4-6-21(27)22(28)8-18/h4-9,15-17,24,36H,10-14H2,1-3H3,(H,30,37)/t16-,17+,24+/m1/s1. The molecule has 208 valence electrons. The van der Waals surface area contributed by atoms with Gasteiger partial charge in [-0.25, -0.2) is 4.68 Å². The van der Waals surface area contributed by atoms with Crippen LogP contribution in [0.5, 0.6) is 5.75 Å². The van der Waals surface area contributed by atoms with E-state index in [0.717, 1.165) is 5.56 Å². The van der Waals surface area contributed by atoms with Gasteiger partial charge in [-0.1, -0.05) is 36.2 Å². The number of carbonyl (C=O) groups excluding carboxylic acids is 2. The van der Waals surface area contributed by atoms with Crippen LogP contribution < -0.4 is 10.1 Å². The fourth-order valence-electron chi connectivity index (χ4n) is 4.44. The second-order valence-electron chi connectivity index (χ2n) is 9.83. The average Bonchev–Trinajstić information content (AvgIpc) is 3.41. The van der Waals surface area contributed by atoms with Crippen LogP contribution in [-0.2, 0) is 17.9 Å². The lowest BCUT2D eigenvalue weighted by Crippen LogP contribution is -2.49. The number of nitrogens with zero attached hydrogens (tertiary/aromatic N) is 6. The van der Waals surface area contributed by atoms with Crippen molar-refractivity contribution in [1.29, 1.82) is 0 Å². The third-order valence-electron chi connectivity index (χ3n) is 6.57. The minimum absolute atomic E-state index is 0.0389. The van der Waals surface area contributed by atoms with Crippen molar-refractivity contribution in [2.45, 2.75) is 39.1 Å². The molecular weight excluding hydrogens is 545 g/mol. The van der Waals surface area contributed by atoms with E-state index in [1.165, 1.54) is 11.0 Å². The van der Waals surface area contributed by atoms with Crippen molar-refractivity contribution in [3.63, 3.8) is 0 Å². The van der Waals surface area contributed by atoms with E-state index in [9.17, 15) is 14.7 Å². The van der Waals surface area contributed by atoms with Crippen LogP contribution in [0.3, 0.4) is 0 Å². The summed E-state index contributed by atoms with van der Waals surface area (Å²) < 4.78 is 7.73. The SMILES string of the molecule is C[C@@H]1CN([C@@H](C)CO)C(=O)c2cc(NC(=O)Cn3cnnn3)ccc2O[C@H]1CN(C)Cc1ccc(Cl)c(Cl)c1. The molecule has 11 nitrogen and oxygen atoms in total. The number of aliphatic hydroxyl groups excluding tert-OH is 1. The number of anilines is 1. The van der Waals surface area contributed by atoms with Crippen LogP contribution in [0.2, 0.25) is 10.0 Å². The molecule has 39 heavy (non-hydrogen) atoms. The van der Waals surface area contributed by atoms with Gasteiger partial charge in [0, 0.05) is 31.2 Å². The predicted molar refractivity (Wildman–Crippen MR) is 147 cm³/mol. The smallest absolute Gasteiger partial charge is 0.258 e. The maximum absolute atomic E-state index is 13.6. The zero-order valence-electron chi connectivity index (χ0n) is 21.9. The number of nitrogens with one attached hydrogen (secondary N) is 1. The van der Waals surface area contributed by atoms with Crippen molar-refractivity contribution in [2.24, 2.45) is 5.92 Å². The number of ether oxygens (including phenoxy) is 1. The van der Waals surface area contributed by atoms with Gasteiger partial charge in [0.15, 0.2) is 0 Å². The number of halogens is 2. The summed E-state index contributed by atoms with van der Waals surface area (Å²) in [6.45, 7) is 5.16. The van der Waals surface area contributed by atoms with E-state index >= 15 is 0 Å². The van der Waals surface area contributed by atoms with Gasteiger partial charge in [0.25, 0.3) is 5.91 Å². The maximum atomic E-state index is 13.6. The van der Waals surface area contributed by atoms with Gasteiger partial charge in [-0.2, -0.15) is 0 Å². The number of benzene rings is 2. The first kappa shape index (κ1) is 28.8. The molecule has 1 aliphatic heterocycles. The van der Waals surface area contributed by atoms with Gasteiger partial charge in [0.1, 0.15) is 24.7 Å². The number of hydrogen-bond donors (Lipinski definition) is 2. The summed E-state index contributed by atoms with van der Waals surface area (Å²) in [4.78, 5) is 29.9. The van der Waals surface area contributed by atoms with E-state index in [1.807, 2.05) is 26.1 Å². The molecule has 1 aromatic heterocycles. The highest BCUT2D eigenvalue weighted by molar-refractivity contribution is 6.42. The highest BCUT2D eigenvalue weighted by atomic mass is 35.5. The molecule has 4 rings (SSSR count). The van der Waals surface area contributed by atoms with Crippen molar-refractivity contribution in [3.8, 4) is 5.75 Å². The molecule has 2 heterocycles. The Labute approximate surface area is 236 Å². The van der Waals surface area contributed by atoms with Crippen LogP contribution >= 0.6 is 23.2 Å². The molecule has 2 aromatic carbocycles. The zero-order chi connectivity index (χ0) is 28.1. The molecule has 0 saturated carbocycles. The number of hydrogen-bond acceptors (Lipinski definition) is 8. The molecule has 1 aliphatic rings. The highest BCUT2D eigenvalue weighted by Gasteiger charge is 2.33. The minimum Gasteiger partial charge on any atom is -0.488 e. The van der Waals surface area contributed by atoms with Gasteiger partial charge in [-0.15, -0.1) is 5.10 Å². The molecule has 0 fully saturated rings. The molecule has 0 saturated heterocycles. The first-order valence-corrected chi connectivity index (χ1v) is 13.3. The van der Waals surface area contributed by atoms with Gasteiger partial charge >= 0.3 is 0 Å². The van der Waals surface area contributed by atoms with Crippen LogP contribution in [-0.4, -0.2) is 85.8 Å². The van der Waals surface area contributed by atoms with Gasteiger partial charge < -0.3 is 20.1 Å². The number of amides is 2. The van der Waals surface area contributed by atoms with Crippen molar-refractivity contribution in [2.75, 3.05) is 32.1 Å². The average molecular weight is 576 g/mol. The predicted octanol–water partition coefficient (Wildman–Crippen LogP) is 2.97. The van der Waals surface area contributed by atoms with E-state index < -0.39 is 6.04 Å². The van der Waals surface area contributed by atoms with Gasteiger partial charge in [-0.05, 0) is 60.3 Å². The number of fused-ring (bicyclic) bond motifs is 1. The Morgan fingerprint density at radius 3 is 2.74 bits per heavy atom. The number of aromatic nitrogens is 4.